The zero-order chi connectivity index (χ0) is 26.5. The molecule has 1 atom stereocenters. The van der Waals surface area contributed by atoms with Gasteiger partial charge in [-0.1, -0.05) is 24.3 Å². The van der Waals surface area contributed by atoms with E-state index in [0.717, 1.165) is 55.4 Å². The Morgan fingerprint density at radius 2 is 1.74 bits per heavy atom. The lowest BCUT2D eigenvalue weighted by molar-refractivity contribution is -0.140. The highest BCUT2D eigenvalue weighted by atomic mass is 16.2. The molecule has 0 spiro atoms. The van der Waals surface area contributed by atoms with E-state index in [2.05, 4.69) is 10.6 Å². The predicted molar refractivity (Wildman–Crippen MR) is 148 cm³/mol. The van der Waals surface area contributed by atoms with Crippen LogP contribution in [0.4, 0.5) is 5.69 Å². The van der Waals surface area contributed by atoms with Crippen molar-refractivity contribution in [3.05, 3.63) is 66.4 Å². The molecule has 2 aromatic carbocycles. The Morgan fingerprint density at radius 1 is 0.974 bits per heavy atom. The summed E-state index contributed by atoms with van der Waals surface area (Å²) in [6, 6.07) is 16.1. The number of carbonyl (C=O) groups is 3. The summed E-state index contributed by atoms with van der Waals surface area (Å²) in [5, 5.41) is 7.21. The first-order valence-corrected chi connectivity index (χ1v) is 13.3. The normalized spacial score (nSPS) is 18.5. The van der Waals surface area contributed by atoms with Crippen molar-refractivity contribution in [2.75, 3.05) is 31.5 Å². The van der Waals surface area contributed by atoms with Crippen LogP contribution in [0.25, 0.3) is 10.9 Å². The monoisotopic (exact) mass is 514 g/mol. The molecule has 2 saturated heterocycles. The van der Waals surface area contributed by atoms with E-state index in [1.54, 1.807) is 29.2 Å². The summed E-state index contributed by atoms with van der Waals surface area (Å²) in [7, 11) is 1.97. The molecule has 9 nitrogen and oxygen atoms in total. The first-order valence-electron chi connectivity index (χ1n) is 13.3. The van der Waals surface area contributed by atoms with Crippen LogP contribution < -0.4 is 10.6 Å². The number of benzene rings is 2. The number of amides is 3. The largest absolute Gasteiger partial charge is 0.350 e. The Hall–Kier alpha value is -4.14. The quantitative estimate of drug-likeness (QED) is 0.403. The molecule has 2 N–H and O–H groups in total. The number of rotatable bonds is 5. The number of carbonyl (C=O) groups excluding carboxylic acids is 3. The first-order chi connectivity index (χ1) is 18.5. The maximum Gasteiger partial charge on any atom is 0.257 e. The second-order valence-corrected chi connectivity index (χ2v) is 9.98. The SMILES string of the molecule is Cn1ccc2ccc(NC(=NC3CCCCN(CC(=O)N4CCCC4)C3=O)NC(=O)c3ccccc3)cc21. The van der Waals surface area contributed by atoms with Crippen molar-refractivity contribution in [3.63, 3.8) is 0 Å². The maximum absolute atomic E-state index is 13.5. The number of hydrogen-bond acceptors (Lipinski definition) is 4. The average molecular weight is 515 g/mol. The molecule has 0 saturated carbocycles. The van der Waals surface area contributed by atoms with Crippen molar-refractivity contribution < 1.29 is 14.4 Å². The van der Waals surface area contributed by atoms with E-state index in [1.165, 1.54) is 0 Å². The first kappa shape index (κ1) is 25.5. The molecule has 3 heterocycles. The molecule has 0 bridgehead atoms. The Kier molecular flexibility index (Phi) is 7.72. The van der Waals surface area contributed by atoms with Crippen LogP contribution in [-0.4, -0.2) is 70.3 Å². The third-order valence-corrected chi connectivity index (χ3v) is 7.24. The zero-order valence-corrected chi connectivity index (χ0v) is 21.7. The number of guanidine groups is 1. The zero-order valence-electron chi connectivity index (χ0n) is 21.7. The molecule has 38 heavy (non-hydrogen) atoms. The molecule has 3 amide bonds. The summed E-state index contributed by atoms with van der Waals surface area (Å²) < 4.78 is 2.02. The summed E-state index contributed by atoms with van der Waals surface area (Å²) in [4.78, 5) is 47.5. The van der Waals surface area contributed by atoms with Crippen molar-refractivity contribution in [2.45, 2.75) is 38.1 Å². The number of fused-ring (bicyclic) bond motifs is 1. The molecular formula is C29H34N6O3. The van der Waals surface area contributed by atoms with Gasteiger partial charge in [-0.3, -0.25) is 19.7 Å². The van der Waals surface area contributed by atoms with Crippen molar-refractivity contribution in [2.24, 2.45) is 12.0 Å². The number of aromatic nitrogens is 1. The minimum absolute atomic E-state index is 0.00733. The maximum atomic E-state index is 13.5. The van der Waals surface area contributed by atoms with E-state index < -0.39 is 6.04 Å². The van der Waals surface area contributed by atoms with Gasteiger partial charge < -0.3 is 19.7 Å². The minimum Gasteiger partial charge on any atom is -0.350 e. The van der Waals surface area contributed by atoms with E-state index in [0.29, 0.717) is 18.5 Å². The molecule has 5 rings (SSSR count). The highest BCUT2D eigenvalue weighted by molar-refractivity contribution is 6.10. The second-order valence-electron chi connectivity index (χ2n) is 9.98. The highest BCUT2D eigenvalue weighted by Gasteiger charge is 2.30. The van der Waals surface area contributed by atoms with E-state index >= 15 is 0 Å². The van der Waals surface area contributed by atoms with Crippen LogP contribution in [0.15, 0.2) is 65.8 Å². The number of aliphatic imine (C=N–C) groups is 1. The van der Waals surface area contributed by atoms with Crippen molar-refractivity contribution >= 4 is 40.3 Å². The number of anilines is 1. The van der Waals surface area contributed by atoms with Crippen molar-refractivity contribution in [1.29, 1.82) is 0 Å². The number of nitrogens with one attached hydrogen (secondary N) is 2. The van der Waals surface area contributed by atoms with E-state index in [4.69, 9.17) is 4.99 Å². The van der Waals surface area contributed by atoms with Crippen LogP contribution in [0, 0.1) is 0 Å². The lowest BCUT2D eigenvalue weighted by Gasteiger charge is -2.25. The molecule has 2 aliphatic rings. The van der Waals surface area contributed by atoms with Gasteiger partial charge in [0, 0.05) is 49.6 Å². The number of aryl methyl sites for hydroxylation is 1. The summed E-state index contributed by atoms with van der Waals surface area (Å²) in [6.07, 6.45) is 6.19. The Labute approximate surface area is 222 Å². The smallest absolute Gasteiger partial charge is 0.257 e. The van der Waals surface area contributed by atoms with Crippen LogP contribution in [0.2, 0.25) is 0 Å². The number of nitrogens with zero attached hydrogens (tertiary/aromatic N) is 4. The molecule has 3 aromatic rings. The Morgan fingerprint density at radius 3 is 2.53 bits per heavy atom. The van der Waals surface area contributed by atoms with Crippen LogP contribution in [0.5, 0.6) is 0 Å². The fourth-order valence-corrected chi connectivity index (χ4v) is 5.09. The molecule has 1 unspecified atom stereocenters. The van der Waals surface area contributed by atoms with Gasteiger partial charge in [-0.25, -0.2) is 4.99 Å². The van der Waals surface area contributed by atoms with Crippen LogP contribution in [0.3, 0.4) is 0 Å². The third-order valence-electron chi connectivity index (χ3n) is 7.24. The van der Waals surface area contributed by atoms with Crippen molar-refractivity contribution in [1.82, 2.24) is 19.7 Å². The number of likely N-dealkylation sites (tertiary alicyclic amines) is 2. The van der Waals surface area contributed by atoms with Crippen LogP contribution in [-0.2, 0) is 16.6 Å². The molecule has 2 aliphatic heterocycles. The molecule has 0 aliphatic carbocycles. The lowest BCUT2D eigenvalue weighted by atomic mass is 10.1. The van der Waals surface area contributed by atoms with Gasteiger partial charge in [-0.2, -0.15) is 0 Å². The van der Waals surface area contributed by atoms with Gasteiger partial charge in [0.1, 0.15) is 6.04 Å². The molecule has 0 radical (unpaired) electrons. The number of hydrogen-bond donors (Lipinski definition) is 2. The third kappa shape index (κ3) is 5.88. The summed E-state index contributed by atoms with van der Waals surface area (Å²) in [6.45, 7) is 2.13. The average Bonchev–Trinajstić information content (AvgIpc) is 3.56. The van der Waals surface area contributed by atoms with Gasteiger partial charge in [-0.15, -0.1) is 0 Å². The Bertz CT molecular complexity index is 1340. The summed E-state index contributed by atoms with van der Waals surface area (Å²) in [5.74, 6) is -0.300. The van der Waals surface area contributed by atoms with Gasteiger partial charge >= 0.3 is 0 Å². The van der Waals surface area contributed by atoms with Gasteiger partial charge in [0.15, 0.2) is 0 Å². The molecule has 198 valence electrons. The fourth-order valence-electron chi connectivity index (χ4n) is 5.09. The molecule has 9 heteroatoms. The second kappa shape index (κ2) is 11.5. The topological polar surface area (TPSA) is 99.0 Å². The molecular weight excluding hydrogens is 480 g/mol. The van der Waals surface area contributed by atoms with Gasteiger partial charge in [0.2, 0.25) is 17.8 Å². The predicted octanol–water partition coefficient (Wildman–Crippen LogP) is 3.38. The fraction of sp³-hybridized carbons (Fsp3) is 0.379. The van der Waals surface area contributed by atoms with E-state index in [-0.39, 0.29) is 30.2 Å². The molecule has 2 fully saturated rings. The van der Waals surface area contributed by atoms with Gasteiger partial charge in [0.25, 0.3) is 5.91 Å². The summed E-state index contributed by atoms with van der Waals surface area (Å²) in [5.41, 5.74) is 2.26. The Balaban J connectivity index is 1.40. The van der Waals surface area contributed by atoms with Crippen molar-refractivity contribution in [3.8, 4) is 0 Å². The van der Waals surface area contributed by atoms with Gasteiger partial charge in [0.05, 0.1) is 6.54 Å². The van der Waals surface area contributed by atoms with E-state index in [1.807, 2.05) is 53.0 Å². The van der Waals surface area contributed by atoms with Gasteiger partial charge in [-0.05, 0) is 67.8 Å². The van der Waals surface area contributed by atoms with Crippen LogP contribution in [0.1, 0.15) is 42.5 Å². The van der Waals surface area contributed by atoms with E-state index in [9.17, 15) is 14.4 Å². The highest BCUT2D eigenvalue weighted by Crippen LogP contribution is 2.21. The standard InChI is InChI=1S/C29H34N6O3/c1-33-18-14-21-12-13-23(19-25(21)33)30-29(32-27(37)22-9-3-2-4-10-22)31-24-11-5-6-17-35(28(24)38)20-26(36)34-15-7-8-16-34/h2-4,9-10,12-14,18-19,24H,5-8,11,15-17,20H2,1H3,(H2,30,31,32,37). The summed E-state index contributed by atoms with van der Waals surface area (Å²) >= 11 is 0. The minimum atomic E-state index is -0.693. The lowest BCUT2D eigenvalue weighted by Crippen LogP contribution is -2.45. The molecule has 1 aromatic heterocycles. The van der Waals surface area contributed by atoms with Crippen LogP contribution >= 0.6 is 0 Å².